The molecule has 4 nitrogen and oxygen atoms in total. The van der Waals surface area contributed by atoms with Gasteiger partial charge in [-0.1, -0.05) is 45.7 Å². The molecule has 108 valence electrons. The molecule has 0 atom stereocenters. The summed E-state index contributed by atoms with van der Waals surface area (Å²) in [6, 6.07) is 13.5. The van der Waals surface area contributed by atoms with Crippen LogP contribution in [0.4, 0.5) is 0 Å². The molecule has 0 aliphatic rings. The van der Waals surface area contributed by atoms with Crippen LogP contribution in [-0.4, -0.2) is 18.4 Å². The molecule has 2 aromatic rings. The van der Waals surface area contributed by atoms with Gasteiger partial charge in [0.15, 0.2) is 6.61 Å². The molecule has 0 unspecified atom stereocenters. The summed E-state index contributed by atoms with van der Waals surface area (Å²) in [5.74, 6) is -0.629. The van der Waals surface area contributed by atoms with Gasteiger partial charge in [-0.25, -0.2) is 0 Å². The number of hydrogen-bond acceptors (Lipinski definition) is 3. The number of amides is 2. The second kappa shape index (κ2) is 7.24. The minimum absolute atomic E-state index is 0.292. The van der Waals surface area contributed by atoms with Crippen molar-refractivity contribution >= 4 is 39.3 Å². The maximum absolute atomic E-state index is 11.8. The van der Waals surface area contributed by atoms with E-state index < -0.39 is 11.8 Å². The van der Waals surface area contributed by atoms with Crippen molar-refractivity contribution in [1.29, 1.82) is 0 Å². The van der Waals surface area contributed by atoms with Crippen LogP contribution in [0, 0.1) is 0 Å². The van der Waals surface area contributed by atoms with Gasteiger partial charge in [0.2, 0.25) is 0 Å². The molecule has 6 heteroatoms. The standard InChI is InChI=1S/C15H11BrClNO3/c16-11-6-7-13(12(17)8-11)21-9-14(19)18-15(20)10-4-2-1-3-5-10/h1-8H,9H2,(H,18,19,20). The number of benzene rings is 2. The number of rotatable bonds is 4. The molecule has 0 spiro atoms. The van der Waals surface area contributed by atoms with Crippen molar-refractivity contribution in [3.63, 3.8) is 0 Å². The molecule has 2 aromatic carbocycles. The van der Waals surface area contributed by atoms with Gasteiger partial charge in [-0.2, -0.15) is 0 Å². The van der Waals surface area contributed by atoms with Gasteiger partial charge >= 0.3 is 0 Å². The SMILES string of the molecule is O=C(COc1ccc(Br)cc1Cl)NC(=O)c1ccccc1. The van der Waals surface area contributed by atoms with E-state index in [1.807, 2.05) is 0 Å². The van der Waals surface area contributed by atoms with E-state index in [9.17, 15) is 9.59 Å². The molecule has 0 fully saturated rings. The van der Waals surface area contributed by atoms with Crippen molar-refractivity contribution in [2.45, 2.75) is 0 Å². The lowest BCUT2D eigenvalue weighted by Crippen LogP contribution is -2.34. The zero-order valence-electron chi connectivity index (χ0n) is 10.8. The molecule has 0 radical (unpaired) electrons. The van der Waals surface area contributed by atoms with Gasteiger partial charge in [0, 0.05) is 10.0 Å². The van der Waals surface area contributed by atoms with E-state index >= 15 is 0 Å². The van der Waals surface area contributed by atoms with Crippen molar-refractivity contribution in [1.82, 2.24) is 5.32 Å². The van der Waals surface area contributed by atoms with E-state index in [-0.39, 0.29) is 6.61 Å². The lowest BCUT2D eigenvalue weighted by Gasteiger charge is -2.08. The Labute approximate surface area is 135 Å². The number of imide groups is 1. The highest BCUT2D eigenvalue weighted by atomic mass is 79.9. The Hall–Kier alpha value is -1.85. The molecule has 0 aromatic heterocycles. The average Bonchev–Trinajstić information content (AvgIpc) is 2.47. The molecule has 2 amide bonds. The highest BCUT2D eigenvalue weighted by molar-refractivity contribution is 9.10. The van der Waals surface area contributed by atoms with Crippen LogP contribution in [0.2, 0.25) is 5.02 Å². The number of ether oxygens (including phenoxy) is 1. The van der Waals surface area contributed by atoms with Crippen LogP contribution in [0.3, 0.4) is 0 Å². The Kier molecular flexibility index (Phi) is 5.36. The monoisotopic (exact) mass is 367 g/mol. The van der Waals surface area contributed by atoms with Gasteiger partial charge in [-0.05, 0) is 30.3 Å². The van der Waals surface area contributed by atoms with Crippen LogP contribution in [0.5, 0.6) is 5.75 Å². The van der Waals surface area contributed by atoms with E-state index in [1.54, 1.807) is 48.5 Å². The van der Waals surface area contributed by atoms with Crippen molar-refractivity contribution in [3.05, 3.63) is 63.6 Å². The largest absolute Gasteiger partial charge is 0.482 e. The summed E-state index contributed by atoms with van der Waals surface area (Å²) >= 11 is 9.23. The van der Waals surface area contributed by atoms with Crippen molar-refractivity contribution < 1.29 is 14.3 Å². The third kappa shape index (κ3) is 4.58. The summed E-state index contributed by atoms with van der Waals surface area (Å²) in [5, 5.41) is 2.62. The molecular weight excluding hydrogens is 358 g/mol. The van der Waals surface area contributed by atoms with Crippen molar-refractivity contribution in [2.24, 2.45) is 0 Å². The van der Waals surface area contributed by atoms with Crippen LogP contribution >= 0.6 is 27.5 Å². The highest BCUT2D eigenvalue weighted by Gasteiger charge is 2.11. The summed E-state index contributed by atoms with van der Waals surface area (Å²) in [6.07, 6.45) is 0. The van der Waals surface area contributed by atoms with E-state index in [0.29, 0.717) is 16.3 Å². The van der Waals surface area contributed by atoms with Crippen LogP contribution in [0.25, 0.3) is 0 Å². The number of carbonyl (C=O) groups excluding carboxylic acids is 2. The van der Waals surface area contributed by atoms with Gasteiger partial charge in [-0.15, -0.1) is 0 Å². The van der Waals surface area contributed by atoms with Crippen LogP contribution in [0.15, 0.2) is 53.0 Å². The van der Waals surface area contributed by atoms with Gasteiger partial charge in [0.05, 0.1) is 5.02 Å². The predicted molar refractivity (Wildman–Crippen MR) is 83.6 cm³/mol. The quantitative estimate of drug-likeness (QED) is 0.899. The zero-order chi connectivity index (χ0) is 15.2. The number of carbonyl (C=O) groups is 2. The number of halogens is 2. The van der Waals surface area contributed by atoms with Crippen LogP contribution in [0.1, 0.15) is 10.4 Å². The number of nitrogens with one attached hydrogen (secondary N) is 1. The number of hydrogen-bond donors (Lipinski definition) is 1. The first-order valence-corrected chi connectivity index (χ1v) is 7.20. The summed E-state index contributed by atoms with van der Waals surface area (Å²) in [5.41, 5.74) is 0.410. The Morgan fingerprint density at radius 2 is 1.86 bits per heavy atom. The average molecular weight is 369 g/mol. The van der Waals surface area contributed by atoms with Gasteiger partial charge < -0.3 is 4.74 Å². The predicted octanol–water partition coefficient (Wildman–Crippen LogP) is 3.44. The lowest BCUT2D eigenvalue weighted by molar-refractivity contribution is -0.122. The molecule has 0 aliphatic carbocycles. The normalized spacial score (nSPS) is 10.0. The molecule has 0 heterocycles. The van der Waals surface area contributed by atoms with Crippen molar-refractivity contribution in [3.8, 4) is 5.75 Å². The molecule has 0 saturated heterocycles. The van der Waals surface area contributed by atoms with E-state index in [1.165, 1.54) is 0 Å². The summed E-state index contributed by atoms with van der Waals surface area (Å²) in [6.45, 7) is -0.292. The van der Waals surface area contributed by atoms with Crippen molar-refractivity contribution in [2.75, 3.05) is 6.61 Å². The highest BCUT2D eigenvalue weighted by Crippen LogP contribution is 2.27. The molecule has 21 heavy (non-hydrogen) atoms. The van der Waals surface area contributed by atoms with Crippen LogP contribution in [-0.2, 0) is 4.79 Å². The van der Waals surface area contributed by atoms with Crippen LogP contribution < -0.4 is 10.1 Å². The summed E-state index contributed by atoms with van der Waals surface area (Å²) in [7, 11) is 0. The molecular formula is C15H11BrClNO3. The molecule has 0 aliphatic heterocycles. The molecule has 2 rings (SSSR count). The minimum atomic E-state index is -0.539. The molecule has 0 bridgehead atoms. The second-order valence-electron chi connectivity index (χ2n) is 4.11. The second-order valence-corrected chi connectivity index (χ2v) is 5.43. The maximum atomic E-state index is 11.8. The topological polar surface area (TPSA) is 55.4 Å². The first-order valence-electron chi connectivity index (χ1n) is 6.03. The maximum Gasteiger partial charge on any atom is 0.264 e. The van der Waals surface area contributed by atoms with Gasteiger partial charge in [0.25, 0.3) is 11.8 Å². The van der Waals surface area contributed by atoms with E-state index in [4.69, 9.17) is 16.3 Å². The fraction of sp³-hybridized carbons (Fsp3) is 0.0667. The smallest absolute Gasteiger partial charge is 0.264 e. The Morgan fingerprint density at radius 3 is 2.52 bits per heavy atom. The van der Waals surface area contributed by atoms with E-state index in [2.05, 4.69) is 21.2 Å². The Morgan fingerprint density at radius 1 is 1.14 bits per heavy atom. The first kappa shape index (κ1) is 15.5. The molecule has 1 N–H and O–H groups in total. The molecule has 0 saturated carbocycles. The van der Waals surface area contributed by atoms with Gasteiger partial charge in [0.1, 0.15) is 5.75 Å². The lowest BCUT2D eigenvalue weighted by atomic mass is 10.2. The Bertz CT molecular complexity index is 661. The summed E-state index contributed by atoms with van der Waals surface area (Å²) in [4.78, 5) is 23.4. The summed E-state index contributed by atoms with van der Waals surface area (Å²) < 4.78 is 6.08. The minimum Gasteiger partial charge on any atom is -0.482 e. The van der Waals surface area contributed by atoms with E-state index in [0.717, 1.165) is 4.47 Å². The fourth-order valence-electron chi connectivity index (χ4n) is 1.56. The first-order chi connectivity index (χ1) is 10.1. The fourth-order valence-corrected chi connectivity index (χ4v) is 2.29. The Balaban J connectivity index is 1.89. The zero-order valence-corrected chi connectivity index (χ0v) is 13.1. The third-order valence-electron chi connectivity index (χ3n) is 2.54. The third-order valence-corrected chi connectivity index (χ3v) is 3.33. The van der Waals surface area contributed by atoms with Gasteiger partial charge in [-0.3, -0.25) is 14.9 Å².